The van der Waals surface area contributed by atoms with Gasteiger partial charge in [0.15, 0.2) is 0 Å². The van der Waals surface area contributed by atoms with Gasteiger partial charge in [-0.05, 0) is 62.4 Å². The zero-order valence-electron chi connectivity index (χ0n) is 17.0. The number of carbonyl (C=O) groups excluding carboxylic acids is 1. The molecule has 2 rings (SSSR count). The number of ether oxygens (including phenoxy) is 2. The van der Waals surface area contributed by atoms with Gasteiger partial charge in [0.2, 0.25) is 0 Å². The number of methoxy groups -OCH3 is 1. The molecule has 1 saturated heterocycles. The minimum absolute atomic E-state index is 0.312. The van der Waals surface area contributed by atoms with Crippen molar-refractivity contribution in [3.8, 4) is 0 Å². The molecule has 1 aromatic rings. The molecule has 0 aromatic heterocycles. The standard InChI is InChI=1S/C23H31NO3/c1-6-9-10-18(7-2)19-15-21(23(25)26-5)17(4)22(16-19)24(8-3)20-11-13-27-14-12-20/h6-7,9-10,15-16,20H,2,8,11-14H2,1,3-5H3/b9-6-,18-10+. The molecule has 1 heterocycles. The van der Waals surface area contributed by atoms with Gasteiger partial charge >= 0.3 is 5.97 Å². The van der Waals surface area contributed by atoms with Crippen LogP contribution in [0.4, 0.5) is 5.69 Å². The van der Waals surface area contributed by atoms with E-state index in [2.05, 4.69) is 24.5 Å². The quantitative estimate of drug-likeness (QED) is 0.504. The highest BCUT2D eigenvalue weighted by Gasteiger charge is 2.25. The van der Waals surface area contributed by atoms with Crippen LogP contribution in [-0.4, -0.2) is 38.9 Å². The van der Waals surface area contributed by atoms with Gasteiger partial charge in [0.1, 0.15) is 0 Å². The van der Waals surface area contributed by atoms with Crippen LogP contribution in [0.25, 0.3) is 5.57 Å². The lowest BCUT2D eigenvalue weighted by Crippen LogP contribution is -2.40. The molecule has 0 aliphatic carbocycles. The van der Waals surface area contributed by atoms with Crippen LogP contribution in [0.2, 0.25) is 0 Å². The highest BCUT2D eigenvalue weighted by atomic mass is 16.5. The van der Waals surface area contributed by atoms with Gasteiger partial charge in [-0.25, -0.2) is 4.79 Å². The number of allylic oxidation sites excluding steroid dienone is 5. The molecule has 0 radical (unpaired) electrons. The Kier molecular flexibility index (Phi) is 7.86. The van der Waals surface area contributed by atoms with Crippen LogP contribution in [0.3, 0.4) is 0 Å². The van der Waals surface area contributed by atoms with Crippen LogP contribution in [0.1, 0.15) is 48.2 Å². The Balaban J connectivity index is 2.61. The number of nitrogens with zero attached hydrogens (tertiary/aromatic N) is 1. The third-order valence-electron chi connectivity index (χ3n) is 5.09. The highest BCUT2D eigenvalue weighted by molar-refractivity contribution is 5.95. The minimum atomic E-state index is -0.312. The first-order valence-corrected chi connectivity index (χ1v) is 9.60. The summed E-state index contributed by atoms with van der Waals surface area (Å²) in [5.41, 5.74) is 4.57. The van der Waals surface area contributed by atoms with Gasteiger partial charge in [-0.15, -0.1) is 0 Å². The van der Waals surface area contributed by atoms with E-state index in [0.717, 1.165) is 55.0 Å². The van der Waals surface area contributed by atoms with E-state index in [4.69, 9.17) is 9.47 Å². The van der Waals surface area contributed by atoms with E-state index in [9.17, 15) is 4.79 Å². The van der Waals surface area contributed by atoms with Crippen LogP contribution in [-0.2, 0) is 9.47 Å². The average molecular weight is 370 g/mol. The topological polar surface area (TPSA) is 38.8 Å². The molecule has 1 fully saturated rings. The number of anilines is 1. The van der Waals surface area contributed by atoms with Crippen molar-refractivity contribution < 1.29 is 14.3 Å². The molecule has 1 aromatic carbocycles. The molecule has 4 nitrogen and oxygen atoms in total. The summed E-state index contributed by atoms with van der Waals surface area (Å²) in [6.07, 6.45) is 9.76. The molecule has 146 valence electrons. The van der Waals surface area contributed by atoms with Crippen molar-refractivity contribution in [2.24, 2.45) is 0 Å². The number of rotatable bonds is 7. The Morgan fingerprint density at radius 3 is 2.63 bits per heavy atom. The zero-order valence-corrected chi connectivity index (χ0v) is 17.0. The maximum Gasteiger partial charge on any atom is 0.338 e. The van der Waals surface area contributed by atoms with Crippen molar-refractivity contribution in [2.75, 3.05) is 31.8 Å². The Morgan fingerprint density at radius 1 is 1.37 bits per heavy atom. The van der Waals surface area contributed by atoms with E-state index in [1.54, 1.807) is 0 Å². The average Bonchev–Trinajstić information content (AvgIpc) is 2.71. The minimum Gasteiger partial charge on any atom is -0.465 e. The largest absolute Gasteiger partial charge is 0.465 e. The molecule has 27 heavy (non-hydrogen) atoms. The van der Waals surface area contributed by atoms with Crippen molar-refractivity contribution >= 4 is 17.2 Å². The zero-order chi connectivity index (χ0) is 19.8. The first kappa shape index (κ1) is 21.0. The van der Waals surface area contributed by atoms with Crippen LogP contribution in [0.5, 0.6) is 0 Å². The molecule has 0 amide bonds. The van der Waals surface area contributed by atoms with Gasteiger partial charge in [-0.3, -0.25) is 0 Å². The summed E-state index contributed by atoms with van der Waals surface area (Å²) in [5.74, 6) is -0.312. The van der Waals surface area contributed by atoms with Crippen molar-refractivity contribution in [1.82, 2.24) is 0 Å². The normalized spacial score (nSPS) is 15.8. The maximum absolute atomic E-state index is 12.4. The molecule has 0 spiro atoms. The van der Waals surface area contributed by atoms with E-state index in [0.29, 0.717) is 11.6 Å². The summed E-state index contributed by atoms with van der Waals surface area (Å²) < 4.78 is 10.6. The Hall–Kier alpha value is -2.33. The predicted octanol–water partition coefficient (Wildman–Crippen LogP) is 4.93. The molecule has 0 N–H and O–H groups in total. The number of esters is 1. The van der Waals surface area contributed by atoms with Crippen molar-refractivity contribution in [3.05, 3.63) is 59.7 Å². The summed E-state index contributed by atoms with van der Waals surface area (Å²) >= 11 is 0. The van der Waals surface area contributed by atoms with Gasteiger partial charge in [0.25, 0.3) is 0 Å². The molecule has 1 aliphatic heterocycles. The van der Waals surface area contributed by atoms with Crippen LogP contribution in [0, 0.1) is 6.92 Å². The van der Waals surface area contributed by atoms with E-state index in [1.807, 2.05) is 44.2 Å². The van der Waals surface area contributed by atoms with Crippen LogP contribution >= 0.6 is 0 Å². The molecule has 0 saturated carbocycles. The summed E-state index contributed by atoms with van der Waals surface area (Å²) in [6, 6.07) is 4.48. The van der Waals surface area contributed by atoms with Gasteiger partial charge < -0.3 is 14.4 Å². The van der Waals surface area contributed by atoms with E-state index in [-0.39, 0.29) is 5.97 Å². The molecule has 0 unspecified atom stereocenters. The highest BCUT2D eigenvalue weighted by Crippen LogP contribution is 2.32. The lowest BCUT2D eigenvalue weighted by atomic mass is 9.95. The smallest absolute Gasteiger partial charge is 0.338 e. The van der Waals surface area contributed by atoms with E-state index < -0.39 is 0 Å². The van der Waals surface area contributed by atoms with Gasteiger partial charge in [0, 0.05) is 31.5 Å². The molecule has 0 bridgehead atoms. The monoisotopic (exact) mass is 369 g/mol. The van der Waals surface area contributed by atoms with Gasteiger partial charge in [-0.2, -0.15) is 0 Å². The first-order chi connectivity index (χ1) is 13.1. The van der Waals surface area contributed by atoms with Gasteiger partial charge in [-0.1, -0.05) is 30.9 Å². The summed E-state index contributed by atoms with van der Waals surface area (Å²) in [7, 11) is 1.42. The van der Waals surface area contributed by atoms with Crippen LogP contribution in [0.15, 0.2) is 43.0 Å². The number of carbonyl (C=O) groups is 1. The second-order valence-corrected chi connectivity index (χ2v) is 6.64. The van der Waals surface area contributed by atoms with Crippen molar-refractivity contribution in [1.29, 1.82) is 0 Å². The Morgan fingerprint density at radius 2 is 2.07 bits per heavy atom. The number of hydrogen-bond acceptors (Lipinski definition) is 4. The summed E-state index contributed by atoms with van der Waals surface area (Å²) in [6.45, 7) is 12.5. The third kappa shape index (κ3) is 4.89. The van der Waals surface area contributed by atoms with Crippen LogP contribution < -0.4 is 4.90 Å². The van der Waals surface area contributed by atoms with E-state index in [1.165, 1.54) is 7.11 Å². The number of hydrogen-bond donors (Lipinski definition) is 0. The Bertz CT molecular complexity index is 727. The van der Waals surface area contributed by atoms with Crippen molar-refractivity contribution in [3.63, 3.8) is 0 Å². The SMILES string of the molecule is C=C/C(=C\C=C/C)c1cc(C(=O)OC)c(C)c(N(CC)C2CCOCC2)c1. The fraction of sp³-hybridized carbons (Fsp3) is 0.435. The van der Waals surface area contributed by atoms with Crippen molar-refractivity contribution in [2.45, 2.75) is 39.7 Å². The first-order valence-electron chi connectivity index (χ1n) is 9.60. The summed E-state index contributed by atoms with van der Waals surface area (Å²) in [5, 5.41) is 0. The number of benzene rings is 1. The molecule has 0 atom stereocenters. The molecule has 1 aliphatic rings. The third-order valence-corrected chi connectivity index (χ3v) is 5.09. The fourth-order valence-corrected chi connectivity index (χ4v) is 3.59. The van der Waals surface area contributed by atoms with E-state index >= 15 is 0 Å². The second kappa shape index (κ2) is 10.1. The Labute approximate surface area is 163 Å². The maximum atomic E-state index is 12.4. The molecule has 4 heteroatoms. The molecular formula is C23H31NO3. The summed E-state index contributed by atoms with van der Waals surface area (Å²) in [4.78, 5) is 14.8. The lowest BCUT2D eigenvalue weighted by Gasteiger charge is -2.37. The molecular weight excluding hydrogens is 338 g/mol. The second-order valence-electron chi connectivity index (χ2n) is 6.64. The van der Waals surface area contributed by atoms with Gasteiger partial charge in [0.05, 0.1) is 12.7 Å². The lowest BCUT2D eigenvalue weighted by molar-refractivity contribution is 0.0599. The fourth-order valence-electron chi connectivity index (χ4n) is 3.59. The predicted molar refractivity (Wildman–Crippen MR) is 112 cm³/mol.